The van der Waals surface area contributed by atoms with Gasteiger partial charge < -0.3 is 10.2 Å². The molecule has 0 bridgehead atoms. The molecule has 2 aliphatic carbocycles. The highest BCUT2D eigenvalue weighted by atomic mass is 16.2. The zero-order valence-electron chi connectivity index (χ0n) is 16.3. The van der Waals surface area contributed by atoms with E-state index in [0.717, 1.165) is 44.6 Å². The number of amides is 3. The number of aliphatic imine (C=N–C) groups is 1. The van der Waals surface area contributed by atoms with Gasteiger partial charge in [-0.05, 0) is 44.4 Å². The Balaban J connectivity index is 1.46. The number of hydrogen-bond donors (Lipinski definition) is 1. The smallest absolute Gasteiger partial charge is 0.317 e. The maximum Gasteiger partial charge on any atom is 0.317 e. The maximum atomic E-state index is 13.3. The largest absolute Gasteiger partial charge is 0.335 e. The molecule has 3 atom stereocenters. The molecule has 0 aromatic heterocycles. The number of rotatable bonds is 3. The van der Waals surface area contributed by atoms with E-state index in [1.807, 2.05) is 16.7 Å². The standard InChI is InChI=1S/C20H32N4O2/c1-13(2)10-24-14(3)22-20(18(24)25)9-8-15-11-23(12-17(15)20)19(26)21-16-6-4-5-7-16/h13,15-17H,4-12H2,1-3H3,(H,21,26)/t15-,17+,20-/m1/s1. The predicted octanol–water partition coefficient (Wildman–Crippen LogP) is 2.64. The molecule has 2 saturated carbocycles. The molecule has 1 saturated heterocycles. The second-order valence-corrected chi connectivity index (χ2v) is 9.13. The molecule has 0 unspecified atom stereocenters. The molecule has 3 amide bonds. The minimum Gasteiger partial charge on any atom is -0.335 e. The van der Waals surface area contributed by atoms with Crippen LogP contribution in [0.3, 0.4) is 0 Å². The molecule has 144 valence electrons. The Kier molecular flexibility index (Phi) is 4.48. The van der Waals surface area contributed by atoms with Gasteiger partial charge >= 0.3 is 6.03 Å². The monoisotopic (exact) mass is 360 g/mol. The third-order valence-electron chi connectivity index (χ3n) is 6.84. The normalized spacial score (nSPS) is 34.3. The number of urea groups is 1. The van der Waals surface area contributed by atoms with Crippen LogP contribution in [0.15, 0.2) is 4.99 Å². The third kappa shape index (κ3) is 2.81. The predicted molar refractivity (Wildman–Crippen MR) is 101 cm³/mol. The number of carbonyl (C=O) groups is 2. The number of nitrogens with one attached hydrogen (secondary N) is 1. The van der Waals surface area contributed by atoms with Gasteiger partial charge in [-0.25, -0.2) is 4.79 Å². The summed E-state index contributed by atoms with van der Waals surface area (Å²) in [6, 6.07) is 0.401. The van der Waals surface area contributed by atoms with E-state index in [1.165, 1.54) is 12.8 Å². The van der Waals surface area contributed by atoms with Crippen LogP contribution in [0.25, 0.3) is 0 Å². The summed E-state index contributed by atoms with van der Waals surface area (Å²) in [6.07, 6.45) is 6.47. The molecule has 2 aliphatic heterocycles. The summed E-state index contributed by atoms with van der Waals surface area (Å²) in [6.45, 7) is 8.40. The van der Waals surface area contributed by atoms with Crippen molar-refractivity contribution in [3.05, 3.63) is 0 Å². The first-order valence-electron chi connectivity index (χ1n) is 10.3. The Morgan fingerprint density at radius 3 is 2.69 bits per heavy atom. The van der Waals surface area contributed by atoms with Gasteiger partial charge in [0.1, 0.15) is 11.4 Å². The summed E-state index contributed by atoms with van der Waals surface area (Å²) in [5.41, 5.74) is -0.605. The molecule has 6 heteroatoms. The van der Waals surface area contributed by atoms with Crippen molar-refractivity contribution in [2.45, 2.75) is 70.9 Å². The fourth-order valence-corrected chi connectivity index (χ4v) is 5.56. The number of likely N-dealkylation sites (tertiary alicyclic amines) is 1. The van der Waals surface area contributed by atoms with Crippen LogP contribution in [-0.2, 0) is 4.79 Å². The van der Waals surface area contributed by atoms with Crippen molar-refractivity contribution in [1.29, 1.82) is 0 Å². The van der Waals surface area contributed by atoms with Crippen LogP contribution >= 0.6 is 0 Å². The van der Waals surface area contributed by atoms with Gasteiger partial charge in [0.25, 0.3) is 5.91 Å². The van der Waals surface area contributed by atoms with Gasteiger partial charge in [0.05, 0.1) is 0 Å². The fourth-order valence-electron chi connectivity index (χ4n) is 5.56. The highest BCUT2D eigenvalue weighted by Gasteiger charge is 2.61. The van der Waals surface area contributed by atoms with Crippen LogP contribution < -0.4 is 5.32 Å². The van der Waals surface area contributed by atoms with Crippen molar-refractivity contribution in [3.8, 4) is 0 Å². The van der Waals surface area contributed by atoms with Gasteiger partial charge in [-0.15, -0.1) is 0 Å². The minimum absolute atomic E-state index is 0.0617. The second kappa shape index (κ2) is 6.54. The summed E-state index contributed by atoms with van der Waals surface area (Å²) in [5, 5.41) is 3.20. The van der Waals surface area contributed by atoms with Gasteiger partial charge in [0.2, 0.25) is 0 Å². The first kappa shape index (κ1) is 17.8. The molecular weight excluding hydrogens is 328 g/mol. The van der Waals surface area contributed by atoms with E-state index in [2.05, 4.69) is 19.2 Å². The molecule has 4 rings (SSSR count). The lowest BCUT2D eigenvalue weighted by Crippen LogP contribution is -2.48. The average molecular weight is 361 g/mol. The van der Waals surface area contributed by atoms with Crippen molar-refractivity contribution in [1.82, 2.24) is 15.1 Å². The lowest BCUT2D eigenvalue weighted by molar-refractivity contribution is -0.132. The van der Waals surface area contributed by atoms with E-state index in [1.54, 1.807) is 0 Å². The number of hydrogen-bond acceptors (Lipinski definition) is 3. The molecule has 1 spiro atoms. The Morgan fingerprint density at radius 2 is 2.00 bits per heavy atom. The molecular formula is C20H32N4O2. The summed E-state index contributed by atoms with van der Waals surface area (Å²) < 4.78 is 0. The summed E-state index contributed by atoms with van der Waals surface area (Å²) in [4.78, 5) is 34.7. The van der Waals surface area contributed by atoms with Crippen LogP contribution in [-0.4, -0.2) is 58.8 Å². The number of carbonyl (C=O) groups excluding carboxylic acids is 2. The lowest BCUT2D eigenvalue weighted by Gasteiger charge is -2.29. The van der Waals surface area contributed by atoms with Gasteiger partial charge in [-0.2, -0.15) is 0 Å². The Hall–Kier alpha value is -1.59. The van der Waals surface area contributed by atoms with E-state index in [0.29, 0.717) is 24.4 Å². The lowest BCUT2D eigenvalue weighted by atomic mass is 9.85. The highest BCUT2D eigenvalue weighted by Crippen LogP contribution is 2.50. The number of amidine groups is 1. The summed E-state index contributed by atoms with van der Waals surface area (Å²) in [7, 11) is 0. The molecule has 2 heterocycles. The van der Waals surface area contributed by atoms with Gasteiger partial charge in [0, 0.05) is 31.6 Å². The van der Waals surface area contributed by atoms with Gasteiger partial charge in [-0.3, -0.25) is 14.7 Å². The summed E-state index contributed by atoms with van der Waals surface area (Å²) in [5.74, 6) is 2.04. The van der Waals surface area contributed by atoms with Crippen LogP contribution in [0.5, 0.6) is 0 Å². The highest BCUT2D eigenvalue weighted by molar-refractivity contribution is 6.07. The Labute approximate surface area is 156 Å². The van der Waals surface area contributed by atoms with E-state index in [-0.39, 0.29) is 17.9 Å². The molecule has 0 aromatic carbocycles. The van der Waals surface area contributed by atoms with Crippen LogP contribution in [0, 0.1) is 17.8 Å². The SMILES string of the molecule is CC1=N[C@@]2(CC[C@@H]3CN(C(=O)NC4CCCC4)C[C@@H]32)C(=O)N1CC(C)C. The quantitative estimate of drug-likeness (QED) is 0.841. The van der Waals surface area contributed by atoms with Crippen molar-refractivity contribution < 1.29 is 9.59 Å². The Bertz CT molecular complexity index is 625. The van der Waals surface area contributed by atoms with E-state index in [9.17, 15) is 9.59 Å². The first-order valence-corrected chi connectivity index (χ1v) is 10.3. The molecule has 6 nitrogen and oxygen atoms in total. The molecule has 0 radical (unpaired) electrons. The van der Waals surface area contributed by atoms with Crippen LogP contribution in [0.4, 0.5) is 4.79 Å². The molecule has 0 aromatic rings. The first-order chi connectivity index (χ1) is 12.4. The molecule has 3 fully saturated rings. The summed E-state index contributed by atoms with van der Waals surface area (Å²) >= 11 is 0. The van der Waals surface area contributed by atoms with Crippen molar-refractivity contribution >= 4 is 17.8 Å². The van der Waals surface area contributed by atoms with Gasteiger partial charge in [0.15, 0.2) is 0 Å². The number of fused-ring (bicyclic) bond motifs is 2. The molecule has 26 heavy (non-hydrogen) atoms. The number of nitrogens with zero attached hydrogens (tertiary/aromatic N) is 3. The van der Waals surface area contributed by atoms with E-state index in [4.69, 9.17) is 4.99 Å². The van der Waals surface area contributed by atoms with Crippen LogP contribution in [0.1, 0.15) is 59.3 Å². The topological polar surface area (TPSA) is 65.0 Å². The molecule has 1 N–H and O–H groups in total. The van der Waals surface area contributed by atoms with Crippen molar-refractivity contribution in [3.63, 3.8) is 0 Å². The zero-order valence-corrected chi connectivity index (χ0v) is 16.3. The average Bonchev–Trinajstić information content (AvgIpc) is 3.32. The van der Waals surface area contributed by atoms with E-state index < -0.39 is 5.54 Å². The van der Waals surface area contributed by atoms with Crippen LogP contribution in [0.2, 0.25) is 0 Å². The van der Waals surface area contributed by atoms with E-state index >= 15 is 0 Å². The zero-order chi connectivity index (χ0) is 18.5. The minimum atomic E-state index is -0.605. The second-order valence-electron chi connectivity index (χ2n) is 9.13. The van der Waals surface area contributed by atoms with Gasteiger partial charge in [-0.1, -0.05) is 26.7 Å². The fraction of sp³-hybridized carbons (Fsp3) is 0.850. The van der Waals surface area contributed by atoms with Crippen molar-refractivity contribution in [2.75, 3.05) is 19.6 Å². The maximum absolute atomic E-state index is 13.3. The third-order valence-corrected chi connectivity index (χ3v) is 6.84. The van der Waals surface area contributed by atoms with Crippen molar-refractivity contribution in [2.24, 2.45) is 22.7 Å². The Morgan fingerprint density at radius 1 is 1.27 bits per heavy atom. The molecule has 4 aliphatic rings.